The smallest absolute Gasteiger partial charge is 0.233 e. The molecule has 0 radical (unpaired) electrons. The first kappa shape index (κ1) is 12.9. The van der Waals surface area contributed by atoms with Crippen molar-refractivity contribution in [3.05, 3.63) is 24.3 Å². The van der Waals surface area contributed by atoms with E-state index in [9.17, 15) is 4.79 Å². The van der Waals surface area contributed by atoms with Crippen molar-refractivity contribution in [1.82, 2.24) is 0 Å². The number of methoxy groups -OCH3 is 1. The predicted octanol–water partition coefficient (Wildman–Crippen LogP) is 0.632. The van der Waals surface area contributed by atoms with Crippen molar-refractivity contribution >= 4 is 11.6 Å². The second-order valence-electron chi connectivity index (χ2n) is 4.41. The van der Waals surface area contributed by atoms with E-state index in [1.807, 2.05) is 24.3 Å². The minimum Gasteiger partial charge on any atom is -0.497 e. The second kappa shape index (κ2) is 5.37. The lowest BCUT2D eigenvalue weighted by Gasteiger charge is -2.22. The first-order chi connectivity index (χ1) is 8.63. The van der Waals surface area contributed by atoms with Crippen LogP contribution in [0.15, 0.2) is 24.3 Å². The van der Waals surface area contributed by atoms with Gasteiger partial charge in [0, 0.05) is 24.8 Å². The number of nitrogens with zero attached hydrogens (tertiary/aromatic N) is 1. The molecule has 1 aliphatic rings. The van der Waals surface area contributed by atoms with Gasteiger partial charge in [0.25, 0.3) is 0 Å². The van der Waals surface area contributed by atoms with Crippen LogP contribution >= 0.6 is 0 Å². The van der Waals surface area contributed by atoms with Crippen LogP contribution in [0.25, 0.3) is 0 Å². The maximum absolute atomic E-state index is 12.3. The zero-order valence-electron chi connectivity index (χ0n) is 10.6. The number of hydrogen-bond donors (Lipinski definition) is 1. The fourth-order valence-electron chi connectivity index (χ4n) is 2.02. The molecule has 1 amide bonds. The Labute approximate surface area is 106 Å². The standard InChI is InChI=1S/C13H18N2O3/c1-15(9-4-3-5-10(6-9)17-2)13(16)11-7-18-8-12(11)14/h3-6,11-12H,7-8,14H2,1-2H3. The van der Waals surface area contributed by atoms with Gasteiger partial charge in [-0.3, -0.25) is 4.79 Å². The molecule has 1 aliphatic heterocycles. The Kier molecular flexibility index (Phi) is 3.84. The van der Waals surface area contributed by atoms with Crippen molar-refractivity contribution < 1.29 is 14.3 Å². The van der Waals surface area contributed by atoms with Gasteiger partial charge in [-0.05, 0) is 12.1 Å². The molecule has 0 spiro atoms. The first-order valence-electron chi connectivity index (χ1n) is 5.88. The van der Waals surface area contributed by atoms with Crippen molar-refractivity contribution in [3.63, 3.8) is 0 Å². The van der Waals surface area contributed by atoms with E-state index in [1.165, 1.54) is 0 Å². The fraction of sp³-hybridized carbons (Fsp3) is 0.462. The van der Waals surface area contributed by atoms with Gasteiger partial charge in [-0.25, -0.2) is 0 Å². The molecule has 0 aromatic heterocycles. The number of ether oxygens (including phenoxy) is 2. The predicted molar refractivity (Wildman–Crippen MR) is 68.7 cm³/mol. The molecule has 1 fully saturated rings. The minimum absolute atomic E-state index is 0.0201. The van der Waals surface area contributed by atoms with Gasteiger partial charge in [0.1, 0.15) is 5.75 Å². The van der Waals surface area contributed by atoms with Gasteiger partial charge in [0.05, 0.1) is 26.2 Å². The van der Waals surface area contributed by atoms with Gasteiger partial charge in [-0.2, -0.15) is 0 Å². The van der Waals surface area contributed by atoms with Crippen LogP contribution in [0.4, 0.5) is 5.69 Å². The van der Waals surface area contributed by atoms with E-state index in [4.69, 9.17) is 15.2 Å². The molecular formula is C13H18N2O3. The number of anilines is 1. The fourth-order valence-corrected chi connectivity index (χ4v) is 2.02. The van der Waals surface area contributed by atoms with Crippen LogP contribution in [0.2, 0.25) is 0 Å². The van der Waals surface area contributed by atoms with Gasteiger partial charge in [-0.15, -0.1) is 0 Å². The number of carbonyl (C=O) groups is 1. The van der Waals surface area contributed by atoms with E-state index < -0.39 is 0 Å². The van der Waals surface area contributed by atoms with Crippen molar-refractivity contribution in [2.75, 3.05) is 32.3 Å². The zero-order chi connectivity index (χ0) is 13.1. The first-order valence-corrected chi connectivity index (χ1v) is 5.88. The molecule has 1 aromatic carbocycles. The average molecular weight is 250 g/mol. The number of amides is 1. The highest BCUT2D eigenvalue weighted by molar-refractivity contribution is 5.95. The molecule has 1 heterocycles. The van der Waals surface area contributed by atoms with E-state index in [0.29, 0.717) is 13.2 Å². The maximum Gasteiger partial charge on any atom is 0.233 e. The molecule has 2 unspecified atom stereocenters. The van der Waals surface area contributed by atoms with Crippen LogP contribution in [-0.2, 0) is 9.53 Å². The summed E-state index contributed by atoms with van der Waals surface area (Å²) in [5.41, 5.74) is 6.64. The molecule has 98 valence electrons. The highest BCUT2D eigenvalue weighted by atomic mass is 16.5. The van der Waals surface area contributed by atoms with Crippen molar-refractivity contribution in [2.24, 2.45) is 11.7 Å². The van der Waals surface area contributed by atoms with Gasteiger partial charge < -0.3 is 20.1 Å². The lowest BCUT2D eigenvalue weighted by Crippen LogP contribution is -2.42. The molecule has 2 atom stereocenters. The van der Waals surface area contributed by atoms with E-state index in [2.05, 4.69) is 0 Å². The van der Waals surface area contributed by atoms with E-state index >= 15 is 0 Å². The molecule has 2 rings (SSSR count). The molecule has 2 N–H and O–H groups in total. The number of rotatable bonds is 3. The van der Waals surface area contributed by atoms with Crippen molar-refractivity contribution in [2.45, 2.75) is 6.04 Å². The maximum atomic E-state index is 12.3. The third-order valence-electron chi connectivity index (χ3n) is 3.21. The third kappa shape index (κ3) is 2.47. The Morgan fingerprint density at radius 1 is 1.50 bits per heavy atom. The van der Waals surface area contributed by atoms with E-state index in [-0.39, 0.29) is 17.9 Å². The van der Waals surface area contributed by atoms with Crippen LogP contribution in [0.5, 0.6) is 5.75 Å². The highest BCUT2D eigenvalue weighted by Crippen LogP contribution is 2.23. The van der Waals surface area contributed by atoms with Gasteiger partial charge in [-0.1, -0.05) is 6.07 Å². The summed E-state index contributed by atoms with van der Waals surface area (Å²) < 4.78 is 10.4. The van der Waals surface area contributed by atoms with E-state index in [0.717, 1.165) is 11.4 Å². The monoisotopic (exact) mass is 250 g/mol. The summed E-state index contributed by atoms with van der Waals surface area (Å²) in [4.78, 5) is 13.9. The molecule has 5 heteroatoms. The third-order valence-corrected chi connectivity index (χ3v) is 3.21. The summed E-state index contributed by atoms with van der Waals surface area (Å²) in [6.45, 7) is 0.844. The molecule has 5 nitrogen and oxygen atoms in total. The van der Waals surface area contributed by atoms with Gasteiger partial charge >= 0.3 is 0 Å². The molecule has 1 saturated heterocycles. The average Bonchev–Trinajstić information content (AvgIpc) is 2.83. The Hall–Kier alpha value is -1.59. The van der Waals surface area contributed by atoms with E-state index in [1.54, 1.807) is 19.1 Å². The van der Waals surface area contributed by atoms with Crippen LogP contribution in [0, 0.1) is 5.92 Å². The summed E-state index contributed by atoms with van der Waals surface area (Å²) in [7, 11) is 3.34. The minimum atomic E-state index is -0.263. The number of benzene rings is 1. The summed E-state index contributed by atoms with van der Waals surface area (Å²) in [6.07, 6.45) is 0. The molecule has 1 aromatic rings. The second-order valence-corrected chi connectivity index (χ2v) is 4.41. The van der Waals surface area contributed by atoms with Crippen LogP contribution < -0.4 is 15.4 Å². The number of hydrogen-bond acceptors (Lipinski definition) is 4. The Morgan fingerprint density at radius 3 is 2.89 bits per heavy atom. The lowest BCUT2D eigenvalue weighted by atomic mass is 10.0. The van der Waals surface area contributed by atoms with Crippen LogP contribution in [-0.4, -0.2) is 39.3 Å². The molecule has 0 aliphatic carbocycles. The highest BCUT2D eigenvalue weighted by Gasteiger charge is 2.33. The van der Waals surface area contributed by atoms with Gasteiger partial charge in [0.15, 0.2) is 0 Å². The van der Waals surface area contributed by atoms with Crippen molar-refractivity contribution in [1.29, 1.82) is 0 Å². The topological polar surface area (TPSA) is 64.8 Å². The Balaban J connectivity index is 2.14. The number of carbonyl (C=O) groups excluding carboxylic acids is 1. The SMILES string of the molecule is COc1cccc(N(C)C(=O)C2COCC2N)c1. The molecule has 0 saturated carbocycles. The van der Waals surface area contributed by atoms with Crippen molar-refractivity contribution in [3.8, 4) is 5.75 Å². The largest absolute Gasteiger partial charge is 0.497 e. The zero-order valence-corrected chi connectivity index (χ0v) is 10.6. The number of nitrogens with two attached hydrogens (primary N) is 1. The summed E-state index contributed by atoms with van der Waals surface area (Å²) >= 11 is 0. The summed E-state index contributed by atoms with van der Waals surface area (Å²) in [5, 5.41) is 0. The quantitative estimate of drug-likeness (QED) is 0.854. The van der Waals surface area contributed by atoms with Crippen LogP contribution in [0.3, 0.4) is 0 Å². The molecule has 18 heavy (non-hydrogen) atoms. The lowest BCUT2D eigenvalue weighted by molar-refractivity contribution is -0.122. The Bertz CT molecular complexity index is 436. The summed E-state index contributed by atoms with van der Waals surface area (Å²) in [5.74, 6) is 0.438. The summed E-state index contributed by atoms with van der Waals surface area (Å²) in [6, 6.07) is 7.15. The van der Waals surface area contributed by atoms with Crippen LogP contribution in [0.1, 0.15) is 0 Å². The van der Waals surface area contributed by atoms with Gasteiger partial charge in [0.2, 0.25) is 5.91 Å². The normalized spacial score (nSPS) is 22.8. The molecular weight excluding hydrogens is 232 g/mol. The molecule has 0 bridgehead atoms. The Morgan fingerprint density at radius 2 is 2.28 bits per heavy atom.